The normalized spacial score (nSPS) is 11.7. The topological polar surface area (TPSA) is 87.7 Å². The van der Waals surface area contributed by atoms with E-state index in [1.54, 1.807) is 30.3 Å². The van der Waals surface area contributed by atoms with Crippen molar-refractivity contribution < 1.29 is 19.4 Å². The lowest BCUT2D eigenvalue weighted by atomic mass is 10.1. The number of urea groups is 1. The number of carboxylic acid groups (broad SMARTS) is 1. The molecule has 2 amide bonds. The van der Waals surface area contributed by atoms with Crippen molar-refractivity contribution in [3.05, 3.63) is 35.9 Å². The molecule has 0 aliphatic carbocycles. The summed E-state index contributed by atoms with van der Waals surface area (Å²) in [5.41, 5.74) is 0.534. The van der Waals surface area contributed by atoms with Crippen LogP contribution in [0.1, 0.15) is 31.4 Å². The van der Waals surface area contributed by atoms with Crippen molar-refractivity contribution in [2.75, 3.05) is 19.8 Å². The van der Waals surface area contributed by atoms with Crippen LogP contribution >= 0.6 is 0 Å². The molecule has 116 valence electrons. The number of carbonyl (C=O) groups excluding carboxylic acids is 1. The van der Waals surface area contributed by atoms with Gasteiger partial charge in [-0.1, -0.05) is 37.3 Å². The SMILES string of the molecule is CCCOCCCNC(=O)N[C@@H](C(=O)O)c1ccccc1. The van der Waals surface area contributed by atoms with Crippen LogP contribution in [0.3, 0.4) is 0 Å². The van der Waals surface area contributed by atoms with Gasteiger partial charge in [-0.2, -0.15) is 0 Å². The van der Waals surface area contributed by atoms with Gasteiger partial charge in [-0.05, 0) is 18.4 Å². The lowest BCUT2D eigenvalue weighted by Gasteiger charge is -2.15. The second-order valence-electron chi connectivity index (χ2n) is 4.55. The van der Waals surface area contributed by atoms with Gasteiger partial charge in [0.05, 0.1) is 0 Å². The molecule has 1 aromatic rings. The van der Waals surface area contributed by atoms with Gasteiger partial charge in [-0.3, -0.25) is 0 Å². The third-order valence-electron chi connectivity index (χ3n) is 2.75. The van der Waals surface area contributed by atoms with E-state index in [4.69, 9.17) is 4.74 Å². The Labute approximate surface area is 124 Å². The number of amides is 2. The minimum absolute atomic E-state index is 0.441. The van der Waals surface area contributed by atoms with Crippen LogP contribution in [-0.4, -0.2) is 36.9 Å². The number of benzene rings is 1. The number of aliphatic carboxylic acids is 1. The lowest BCUT2D eigenvalue weighted by molar-refractivity contribution is -0.139. The largest absolute Gasteiger partial charge is 0.479 e. The molecule has 0 aliphatic rings. The maximum absolute atomic E-state index is 11.7. The number of ether oxygens (including phenoxy) is 1. The molecule has 0 unspecified atom stereocenters. The molecule has 3 N–H and O–H groups in total. The lowest BCUT2D eigenvalue weighted by Crippen LogP contribution is -2.41. The van der Waals surface area contributed by atoms with Gasteiger partial charge in [-0.25, -0.2) is 9.59 Å². The first-order valence-electron chi connectivity index (χ1n) is 7.05. The van der Waals surface area contributed by atoms with Gasteiger partial charge in [0.15, 0.2) is 6.04 Å². The molecule has 0 spiro atoms. The third-order valence-corrected chi connectivity index (χ3v) is 2.75. The molecule has 0 bridgehead atoms. The molecule has 6 heteroatoms. The summed E-state index contributed by atoms with van der Waals surface area (Å²) in [6, 6.07) is 7.03. The van der Waals surface area contributed by atoms with Crippen LogP contribution in [0.2, 0.25) is 0 Å². The van der Waals surface area contributed by atoms with Gasteiger partial charge in [0, 0.05) is 19.8 Å². The summed E-state index contributed by atoms with van der Waals surface area (Å²) < 4.78 is 5.29. The summed E-state index contributed by atoms with van der Waals surface area (Å²) >= 11 is 0. The first kappa shape index (κ1) is 17.0. The molecule has 0 saturated carbocycles. The van der Waals surface area contributed by atoms with Crippen LogP contribution in [0.5, 0.6) is 0 Å². The monoisotopic (exact) mass is 294 g/mol. The third kappa shape index (κ3) is 6.76. The second-order valence-corrected chi connectivity index (χ2v) is 4.55. The van der Waals surface area contributed by atoms with Gasteiger partial charge in [0.2, 0.25) is 0 Å². The van der Waals surface area contributed by atoms with E-state index in [2.05, 4.69) is 10.6 Å². The van der Waals surface area contributed by atoms with Crippen molar-refractivity contribution in [1.29, 1.82) is 0 Å². The van der Waals surface area contributed by atoms with Gasteiger partial charge in [0.25, 0.3) is 0 Å². The van der Waals surface area contributed by atoms with Gasteiger partial charge < -0.3 is 20.5 Å². The summed E-state index contributed by atoms with van der Waals surface area (Å²) in [6.07, 6.45) is 1.65. The first-order valence-corrected chi connectivity index (χ1v) is 7.05. The fourth-order valence-electron chi connectivity index (χ4n) is 1.74. The van der Waals surface area contributed by atoms with Crippen LogP contribution in [0, 0.1) is 0 Å². The quantitative estimate of drug-likeness (QED) is 0.607. The minimum atomic E-state index is -1.09. The van der Waals surface area contributed by atoms with Crippen molar-refractivity contribution in [3.8, 4) is 0 Å². The van der Waals surface area contributed by atoms with Crippen molar-refractivity contribution in [2.45, 2.75) is 25.8 Å². The summed E-state index contributed by atoms with van der Waals surface area (Å²) in [4.78, 5) is 22.9. The zero-order chi connectivity index (χ0) is 15.5. The van der Waals surface area contributed by atoms with E-state index in [0.29, 0.717) is 31.7 Å². The molecule has 1 aromatic carbocycles. The summed E-state index contributed by atoms with van der Waals surface area (Å²) in [5.74, 6) is -1.09. The molecular formula is C15H22N2O4. The Bertz CT molecular complexity index is 437. The number of hydrogen-bond acceptors (Lipinski definition) is 3. The highest BCUT2D eigenvalue weighted by molar-refractivity contribution is 5.83. The highest BCUT2D eigenvalue weighted by atomic mass is 16.5. The van der Waals surface area contributed by atoms with Crippen molar-refractivity contribution in [2.24, 2.45) is 0 Å². The molecule has 0 aliphatic heterocycles. The number of nitrogens with one attached hydrogen (secondary N) is 2. The zero-order valence-electron chi connectivity index (χ0n) is 12.2. The Hall–Kier alpha value is -2.08. The Morgan fingerprint density at radius 2 is 1.95 bits per heavy atom. The van der Waals surface area contributed by atoms with E-state index in [1.807, 2.05) is 6.92 Å². The molecule has 0 fully saturated rings. The van der Waals surface area contributed by atoms with Crippen molar-refractivity contribution >= 4 is 12.0 Å². The molecule has 0 saturated heterocycles. The zero-order valence-corrected chi connectivity index (χ0v) is 12.2. The Balaban J connectivity index is 2.35. The highest BCUT2D eigenvalue weighted by Gasteiger charge is 2.21. The maximum atomic E-state index is 11.7. The average Bonchev–Trinajstić information content (AvgIpc) is 2.49. The molecule has 1 atom stereocenters. The van der Waals surface area contributed by atoms with E-state index in [0.717, 1.165) is 6.42 Å². The van der Waals surface area contributed by atoms with Gasteiger partial charge >= 0.3 is 12.0 Å². The number of carboxylic acids is 1. The molecule has 21 heavy (non-hydrogen) atoms. The Morgan fingerprint density at radius 1 is 1.24 bits per heavy atom. The standard InChI is InChI=1S/C15H22N2O4/c1-2-10-21-11-6-9-16-15(20)17-13(14(18)19)12-7-4-3-5-8-12/h3-5,7-8,13H,2,6,9-11H2,1H3,(H,18,19)(H2,16,17,20)/t13-/m1/s1. The number of carbonyl (C=O) groups is 2. The molecule has 6 nitrogen and oxygen atoms in total. The molecular weight excluding hydrogens is 272 g/mol. The van der Waals surface area contributed by atoms with E-state index in [9.17, 15) is 14.7 Å². The van der Waals surface area contributed by atoms with Crippen LogP contribution in [0.4, 0.5) is 4.79 Å². The van der Waals surface area contributed by atoms with Crippen molar-refractivity contribution in [1.82, 2.24) is 10.6 Å². The smallest absolute Gasteiger partial charge is 0.330 e. The maximum Gasteiger partial charge on any atom is 0.330 e. The highest BCUT2D eigenvalue weighted by Crippen LogP contribution is 2.12. The van der Waals surface area contributed by atoms with Gasteiger partial charge in [-0.15, -0.1) is 0 Å². The average molecular weight is 294 g/mol. The van der Waals surface area contributed by atoms with Crippen LogP contribution in [-0.2, 0) is 9.53 Å². The van der Waals surface area contributed by atoms with E-state index in [-0.39, 0.29) is 0 Å². The fourth-order valence-corrected chi connectivity index (χ4v) is 1.74. The van der Waals surface area contributed by atoms with Crippen molar-refractivity contribution in [3.63, 3.8) is 0 Å². The molecule has 0 aromatic heterocycles. The Morgan fingerprint density at radius 3 is 2.57 bits per heavy atom. The minimum Gasteiger partial charge on any atom is -0.479 e. The molecule has 0 radical (unpaired) electrons. The van der Waals surface area contributed by atoms with E-state index < -0.39 is 18.0 Å². The predicted molar refractivity (Wildman–Crippen MR) is 79.1 cm³/mol. The fraction of sp³-hybridized carbons (Fsp3) is 0.467. The van der Waals surface area contributed by atoms with Crippen LogP contribution in [0.15, 0.2) is 30.3 Å². The summed E-state index contributed by atoms with van der Waals surface area (Å²) in [7, 11) is 0. The number of hydrogen-bond donors (Lipinski definition) is 3. The first-order chi connectivity index (χ1) is 10.1. The molecule has 1 rings (SSSR count). The van der Waals surface area contributed by atoms with E-state index in [1.165, 1.54) is 0 Å². The number of rotatable bonds is 9. The van der Waals surface area contributed by atoms with Crippen LogP contribution < -0.4 is 10.6 Å². The Kier molecular flexibility index (Phi) is 7.89. The van der Waals surface area contributed by atoms with Crippen LogP contribution in [0.25, 0.3) is 0 Å². The summed E-state index contributed by atoms with van der Waals surface area (Å²) in [6.45, 7) is 3.76. The van der Waals surface area contributed by atoms with E-state index >= 15 is 0 Å². The summed E-state index contributed by atoms with van der Waals surface area (Å²) in [5, 5.41) is 14.2. The molecule has 0 heterocycles. The second kappa shape index (κ2) is 9.77. The van der Waals surface area contributed by atoms with Gasteiger partial charge in [0.1, 0.15) is 0 Å². The predicted octanol–water partition coefficient (Wildman–Crippen LogP) is 1.93.